The van der Waals surface area contributed by atoms with Crippen molar-refractivity contribution in [1.29, 1.82) is 0 Å². The van der Waals surface area contributed by atoms with E-state index in [9.17, 15) is 22.0 Å². The van der Waals surface area contributed by atoms with Gasteiger partial charge in [0.1, 0.15) is 11.6 Å². The molecular formula is C29H28F5N3. The van der Waals surface area contributed by atoms with Gasteiger partial charge in [0.25, 0.3) is 0 Å². The van der Waals surface area contributed by atoms with Gasteiger partial charge in [-0.15, -0.1) is 0 Å². The number of nitrogens with zero attached hydrogens (tertiary/aromatic N) is 3. The molecule has 8 heteroatoms. The number of halogens is 5. The molecule has 0 saturated carbocycles. The molecule has 3 nitrogen and oxygen atoms in total. The van der Waals surface area contributed by atoms with Crippen molar-refractivity contribution in [3.63, 3.8) is 0 Å². The van der Waals surface area contributed by atoms with Gasteiger partial charge in [0, 0.05) is 5.39 Å². The second-order valence-electron chi connectivity index (χ2n) is 9.69. The highest BCUT2D eigenvalue weighted by molar-refractivity contribution is 5.84. The Morgan fingerprint density at radius 3 is 2.11 bits per heavy atom. The lowest BCUT2D eigenvalue weighted by atomic mass is 9.89. The molecule has 1 aliphatic rings. The molecule has 0 atom stereocenters. The predicted octanol–water partition coefficient (Wildman–Crippen LogP) is 7.52. The zero-order valence-electron chi connectivity index (χ0n) is 20.3. The highest BCUT2D eigenvalue weighted by Gasteiger charge is 2.31. The molecule has 0 bridgehead atoms. The molecule has 1 aromatic heterocycles. The van der Waals surface area contributed by atoms with E-state index in [1.54, 1.807) is 16.8 Å². The van der Waals surface area contributed by atoms with Gasteiger partial charge in [-0.1, -0.05) is 12.1 Å². The van der Waals surface area contributed by atoms with Crippen LogP contribution in [-0.2, 0) is 12.6 Å². The number of rotatable bonds is 7. The minimum atomic E-state index is -4.44. The summed E-state index contributed by atoms with van der Waals surface area (Å²) in [4.78, 5) is 2.41. The van der Waals surface area contributed by atoms with E-state index in [0.717, 1.165) is 57.5 Å². The average Bonchev–Trinajstić information content (AvgIpc) is 3.25. The third-order valence-electron chi connectivity index (χ3n) is 7.22. The third-order valence-corrected chi connectivity index (χ3v) is 7.22. The summed E-state index contributed by atoms with van der Waals surface area (Å²) in [6.07, 6.45) is -0.132. The highest BCUT2D eigenvalue weighted by Crippen LogP contribution is 2.34. The molecule has 0 spiro atoms. The molecule has 0 unspecified atom stereocenters. The Balaban J connectivity index is 1.23. The number of hydrogen-bond acceptors (Lipinski definition) is 2. The predicted molar refractivity (Wildman–Crippen MR) is 134 cm³/mol. The van der Waals surface area contributed by atoms with E-state index in [2.05, 4.69) is 10.00 Å². The van der Waals surface area contributed by atoms with Gasteiger partial charge < -0.3 is 4.90 Å². The molecule has 3 aromatic carbocycles. The van der Waals surface area contributed by atoms with Gasteiger partial charge in [-0.05, 0) is 118 Å². The molecule has 37 heavy (non-hydrogen) atoms. The van der Waals surface area contributed by atoms with E-state index >= 15 is 0 Å². The maximum Gasteiger partial charge on any atom is 0.416 e. The van der Waals surface area contributed by atoms with E-state index in [-0.39, 0.29) is 11.6 Å². The Hall–Kier alpha value is -3.26. The number of aromatic nitrogens is 2. The molecule has 194 valence electrons. The largest absolute Gasteiger partial charge is 0.416 e. The quantitative estimate of drug-likeness (QED) is 0.188. The average molecular weight is 514 g/mol. The van der Waals surface area contributed by atoms with Gasteiger partial charge >= 0.3 is 6.18 Å². The minimum Gasteiger partial charge on any atom is -0.303 e. The standard InChI is InChI=1S/C29H28F5N3/c30-23-7-4-20(5-8-23)21-14-17-36(18-15-21)16-2-1-3-27-26-19-22(29(32,33)34)6-13-28(26)37(35-27)25-11-9-24(31)10-12-25/h4-13,19,21H,1-3,14-18H2. The number of aryl methyl sites for hydroxylation is 1. The lowest BCUT2D eigenvalue weighted by Gasteiger charge is -2.32. The molecule has 0 N–H and O–H groups in total. The lowest BCUT2D eigenvalue weighted by Crippen LogP contribution is -2.33. The van der Waals surface area contributed by atoms with Crippen LogP contribution in [0.1, 0.15) is 48.4 Å². The van der Waals surface area contributed by atoms with Crippen LogP contribution < -0.4 is 0 Å². The van der Waals surface area contributed by atoms with Gasteiger partial charge in [-0.2, -0.15) is 18.3 Å². The van der Waals surface area contributed by atoms with Gasteiger partial charge in [0.15, 0.2) is 0 Å². The highest BCUT2D eigenvalue weighted by atomic mass is 19.4. The third kappa shape index (κ3) is 5.85. The number of hydrogen-bond donors (Lipinski definition) is 0. The van der Waals surface area contributed by atoms with Crippen molar-refractivity contribution in [2.45, 2.75) is 44.2 Å². The summed E-state index contributed by atoms with van der Waals surface area (Å²) in [5.41, 5.74) is 2.26. The summed E-state index contributed by atoms with van der Waals surface area (Å²) in [6, 6.07) is 16.2. The molecule has 1 aliphatic heterocycles. The van der Waals surface area contributed by atoms with Crippen molar-refractivity contribution in [3.8, 4) is 5.69 Å². The Morgan fingerprint density at radius 2 is 1.46 bits per heavy atom. The Kier molecular flexibility index (Phi) is 7.29. The molecular weight excluding hydrogens is 485 g/mol. The summed E-state index contributed by atoms with van der Waals surface area (Å²) in [7, 11) is 0. The summed E-state index contributed by atoms with van der Waals surface area (Å²) >= 11 is 0. The molecule has 0 aliphatic carbocycles. The monoisotopic (exact) mass is 513 g/mol. The number of unbranched alkanes of at least 4 members (excludes halogenated alkanes) is 1. The van der Waals surface area contributed by atoms with Crippen LogP contribution in [0.4, 0.5) is 22.0 Å². The summed E-state index contributed by atoms with van der Waals surface area (Å²) in [6.45, 7) is 2.86. The van der Waals surface area contributed by atoms with Crippen LogP contribution in [-0.4, -0.2) is 34.3 Å². The normalized spacial score (nSPS) is 15.5. The fraction of sp³-hybridized carbons (Fsp3) is 0.345. The first-order chi connectivity index (χ1) is 17.8. The number of likely N-dealkylation sites (tertiary alicyclic amines) is 1. The first-order valence-electron chi connectivity index (χ1n) is 12.6. The van der Waals surface area contributed by atoms with Crippen LogP contribution in [0.25, 0.3) is 16.6 Å². The van der Waals surface area contributed by atoms with Crippen LogP contribution in [0.5, 0.6) is 0 Å². The van der Waals surface area contributed by atoms with Gasteiger partial charge in [0.05, 0.1) is 22.5 Å². The first kappa shape index (κ1) is 25.4. The zero-order valence-corrected chi connectivity index (χ0v) is 20.3. The van der Waals surface area contributed by atoms with E-state index in [1.807, 2.05) is 12.1 Å². The van der Waals surface area contributed by atoms with E-state index < -0.39 is 11.7 Å². The minimum absolute atomic E-state index is 0.217. The fourth-order valence-electron chi connectivity index (χ4n) is 5.17. The van der Waals surface area contributed by atoms with Crippen molar-refractivity contribution in [3.05, 3.63) is 95.2 Å². The molecule has 1 saturated heterocycles. The van der Waals surface area contributed by atoms with Crippen LogP contribution in [0.3, 0.4) is 0 Å². The second-order valence-corrected chi connectivity index (χ2v) is 9.69. The van der Waals surface area contributed by atoms with Crippen LogP contribution in [0, 0.1) is 11.6 Å². The molecule has 0 radical (unpaired) electrons. The Bertz CT molecular complexity index is 1340. The lowest BCUT2D eigenvalue weighted by molar-refractivity contribution is -0.137. The summed E-state index contributed by atoms with van der Waals surface area (Å²) in [5, 5.41) is 5.10. The van der Waals surface area contributed by atoms with Crippen LogP contribution in [0.2, 0.25) is 0 Å². The van der Waals surface area contributed by atoms with Crippen LogP contribution in [0.15, 0.2) is 66.7 Å². The van der Waals surface area contributed by atoms with Crippen molar-refractivity contribution in [2.75, 3.05) is 19.6 Å². The fourth-order valence-corrected chi connectivity index (χ4v) is 5.17. The molecule has 2 heterocycles. The number of fused-ring (bicyclic) bond motifs is 1. The summed E-state index contributed by atoms with van der Waals surface area (Å²) < 4.78 is 68.4. The molecule has 1 fully saturated rings. The topological polar surface area (TPSA) is 21.1 Å². The second kappa shape index (κ2) is 10.6. The Morgan fingerprint density at radius 1 is 0.811 bits per heavy atom. The summed E-state index contributed by atoms with van der Waals surface area (Å²) in [5.74, 6) is -0.158. The molecule has 0 amide bonds. The smallest absolute Gasteiger partial charge is 0.303 e. The van der Waals surface area contributed by atoms with Crippen LogP contribution >= 0.6 is 0 Å². The number of alkyl halides is 3. The van der Waals surface area contributed by atoms with Crippen molar-refractivity contribution >= 4 is 10.9 Å². The Labute approximate surface area is 212 Å². The molecule has 5 rings (SSSR count). The van der Waals surface area contributed by atoms with Crippen molar-refractivity contribution in [1.82, 2.24) is 14.7 Å². The molecule has 4 aromatic rings. The maximum atomic E-state index is 13.4. The maximum absolute atomic E-state index is 13.4. The van der Waals surface area contributed by atoms with Crippen molar-refractivity contribution < 1.29 is 22.0 Å². The first-order valence-corrected chi connectivity index (χ1v) is 12.6. The van der Waals surface area contributed by atoms with E-state index in [1.165, 1.54) is 35.9 Å². The SMILES string of the molecule is Fc1ccc(C2CCN(CCCCc3nn(-c4ccc(F)cc4)c4ccc(C(F)(F)F)cc34)CC2)cc1. The van der Waals surface area contributed by atoms with Gasteiger partial charge in [-0.3, -0.25) is 0 Å². The zero-order chi connectivity index (χ0) is 26.0. The number of benzene rings is 3. The number of piperidine rings is 1. The van der Waals surface area contributed by atoms with E-state index in [4.69, 9.17) is 0 Å². The van der Waals surface area contributed by atoms with Gasteiger partial charge in [0.2, 0.25) is 0 Å². The van der Waals surface area contributed by atoms with E-state index in [0.29, 0.717) is 34.6 Å². The van der Waals surface area contributed by atoms with Crippen molar-refractivity contribution in [2.24, 2.45) is 0 Å². The van der Waals surface area contributed by atoms with Gasteiger partial charge in [-0.25, -0.2) is 13.5 Å².